The van der Waals surface area contributed by atoms with Crippen LogP contribution in [0, 0.1) is 0 Å². The molecule has 0 atom stereocenters. The van der Waals surface area contributed by atoms with Gasteiger partial charge in [0.15, 0.2) is 0 Å². The summed E-state index contributed by atoms with van der Waals surface area (Å²) in [5.74, 6) is 0. The highest BCUT2D eigenvalue weighted by Crippen LogP contribution is 1.93. The summed E-state index contributed by atoms with van der Waals surface area (Å²) in [5.41, 5.74) is 3.94. The minimum atomic E-state index is 0.681. The molecule has 0 bridgehead atoms. The molecule has 0 spiro atoms. The van der Waals surface area contributed by atoms with E-state index in [0.717, 1.165) is 5.56 Å². The Labute approximate surface area is 66.4 Å². The predicted molar refractivity (Wildman–Crippen MR) is 42.7 cm³/mol. The van der Waals surface area contributed by atoms with Crippen LogP contribution in [0.25, 0.3) is 0 Å². The van der Waals surface area contributed by atoms with Crippen LogP contribution in [0.3, 0.4) is 0 Å². The minimum absolute atomic E-state index is 0.681. The maximum absolute atomic E-state index is 4.96. The summed E-state index contributed by atoms with van der Waals surface area (Å²) in [7, 11) is 0. The molecule has 11 heavy (non-hydrogen) atoms. The fourth-order valence-corrected chi connectivity index (χ4v) is 0.739. The van der Waals surface area contributed by atoms with Crippen molar-refractivity contribution in [3.63, 3.8) is 0 Å². The van der Waals surface area contributed by atoms with Gasteiger partial charge in [0.25, 0.3) is 0 Å². The van der Waals surface area contributed by atoms with Gasteiger partial charge >= 0.3 is 0 Å². The number of hydrogen-bond donors (Lipinski definition) is 1. The Morgan fingerprint density at radius 2 is 2.55 bits per heavy atom. The first-order valence-corrected chi connectivity index (χ1v) is 3.67. The summed E-state index contributed by atoms with van der Waals surface area (Å²) in [4.78, 5) is 8.93. The molecule has 0 radical (unpaired) electrons. The molecule has 0 fully saturated rings. The first kappa shape index (κ1) is 8.17. The maximum atomic E-state index is 4.96. The lowest BCUT2D eigenvalue weighted by Crippen LogP contribution is -2.13. The second kappa shape index (κ2) is 4.82. The zero-order chi connectivity index (χ0) is 7.94. The maximum Gasteiger partial charge on any atom is 0.0654 e. The van der Waals surface area contributed by atoms with E-state index < -0.39 is 0 Å². The van der Waals surface area contributed by atoms with Gasteiger partial charge in [-0.25, -0.2) is 0 Å². The SMILES string of the molecule is CCONCc1cccnc1. The Morgan fingerprint density at radius 3 is 3.18 bits per heavy atom. The van der Waals surface area contributed by atoms with E-state index >= 15 is 0 Å². The van der Waals surface area contributed by atoms with Crippen molar-refractivity contribution in [3.05, 3.63) is 30.1 Å². The Hall–Kier alpha value is -0.930. The standard InChI is InChI=1S/C8H12N2O/c1-2-11-10-7-8-4-3-5-9-6-8/h3-6,10H,2,7H2,1H3. The lowest BCUT2D eigenvalue weighted by molar-refractivity contribution is 0.0463. The molecule has 0 unspecified atom stereocenters. The topological polar surface area (TPSA) is 34.1 Å². The lowest BCUT2D eigenvalue weighted by atomic mass is 10.3. The van der Waals surface area contributed by atoms with Crippen LogP contribution in [-0.2, 0) is 11.4 Å². The minimum Gasteiger partial charge on any atom is -0.302 e. The highest BCUT2D eigenvalue weighted by atomic mass is 16.6. The highest BCUT2D eigenvalue weighted by molar-refractivity contribution is 5.07. The van der Waals surface area contributed by atoms with E-state index in [9.17, 15) is 0 Å². The van der Waals surface area contributed by atoms with Crippen molar-refractivity contribution >= 4 is 0 Å². The molecule has 0 aromatic carbocycles. The van der Waals surface area contributed by atoms with Crippen LogP contribution in [0.5, 0.6) is 0 Å². The van der Waals surface area contributed by atoms with Crippen molar-refractivity contribution < 1.29 is 4.84 Å². The van der Waals surface area contributed by atoms with Gasteiger partial charge in [-0.05, 0) is 18.6 Å². The van der Waals surface area contributed by atoms with Gasteiger partial charge in [0.1, 0.15) is 0 Å². The molecule has 1 heterocycles. The molecule has 1 rings (SSSR count). The number of rotatable bonds is 4. The molecule has 0 saturated heterocycles. The van der Waals surface area contributed by atoms with Gasteiger partial charge in [-0.1, -0.05) is 6.07 Å². The lowest BCUT2D eigenvalue weighted by Gasteiger charge is -2.01. The highest BCUT2D eigenvalue weighted by Gasteiger charge is 1.88. The Morgan fingerprint density at radius 1 is 1.64 bits per heavy atom. The van der Waals surface area contributed by atoms with Crippen molar-refractivity contribution in [2.24, 2.45) is 0 Å². The molecule has 60 valence electrons. The zero-order valence-electron chi connectivity index (χ0n) is 6.58. The third-order valence-electron chi connectivity index (χ3n) is 1.25. The van der Waals surface area contributed by atoms with Crippen LogP contribution in [-0.4, -0.2) is 11.6 Å². The summed E-state index contributed by atoms with van der Waals surface area (Å²) >= 11 is 0. The van der Waals surface area contributed by atoms with Crippen LogP contribution in [0.4, 0.5) is 0 Å². The molecular weight excluding hydrogens is 140 g/mol. The van der Waals surface area contributed by atoms with Crippen molar-refractivity contribution in [3.8, 4) is 0 Å². The number of aromatic nitrogens is 1. The number of hydroxylamine groups is 1. The normalized spacial score (nSPS) is 9.91. The number of nitrogens with one attached hydrogen (secondary N) is 1. The third kappa shape index (κ3) is 3.11. The van der Waals surface area contributed by atoms with Crippen molar-refractivity contribution in [2.45, 2.75) is 13.5 Å². The predicted octanol–water partition coefficient (Wildman–Crippen LogP) is 1.12. The number of hydrogen-bond acceptors (Lipinski definition) is 3. The molecule has 1 aromatic heterocycles. The molecule has 0 amide bonds. The summed E-state index contributed by atoms with van der Waals surface area (Å²) in [6, 6.07) is 3.90. The van der Waals surface area contributed by atoms with Crippen molar-refractivity contribution in [2.75, 3.05) is 6.61 Å². The average Bonchev–Trinajstić information content (AvgIpc) is 2.07. The van der Waals surface area contributed by atoms with Gasteiger partial charge in [-0.15, -0.1) is 0 Å². The van der Waals surface area contributed by atoms with Crippen LogP contribution in [0.2, 0.25) is 0 Å². The largest absolute Gasteiger partial charge is 0.302 e. The van der Waals surface area contributed by atoms with Gasteiger partial charge < -0.3 is 4.84 Å². The summed E-state index contributed by atoms with van der Waals surface area (Å²) in [6.45, 7) is 3.33. The fourth-order valence-electron chi connectivity index (χ4n) is 0.739. The van der Waals surface area contributed by atoms with Crippen LogP contribution in [0.1, 0.15) is 12.5 Å². The zero-order valence-corrected chi connectivity index (χ0v) is 6.58. The summed E-state index contributed by atoms with van der Waals surface area (Å²) in [5, 5.41) is 0. The Kier molecular flexibility index (Phi) is 3.58. The van der Waals surface area contributed by atoms with Crippen molar-refractivity contribution in [1.29, 1.82) is 0 Å². The van der Waals surface area contributed by atoms with E-state index in [-0.39, 0.29) is 0 Å². The van der Waals surface area contributed by atoms with E-state index in [1.807, 2.05) is 25.3 Å². The monoisotopic (exact) mass is 152 g/mol. The van der Waals surface area contributed by atoms with Crippen LogP contribution in [0.15, 0.2) is 24.5 Å². The smallest absolute Gasteiger partial charge is 0.0654 e. The van der Waals surface area contributed by atoms with E-state index in [2.05, 4.69) is 10.5 Å². The Balaban J connectivity index is 2.28. The molecule has 0 aliphatic carbocycles. The van der Waals surface area contributed by atoms with Gasteiger partial charge in [0, 0.05) is 18.9 Å². The molecule has 0 aliphatic rings. The van der Waals surface area contributed by atoms with Crippen LogP contribution >= 0.6 is 0 Å². The molecule has 3 nitrogen and oxygen atoms in total. The first-order chi connectivity index (χ1) is 5.43. The molecule has 1 N–H and O–H groups in total. The van der Waals surface area contributed by atoms with E-state index in [0.29, 0.717) is 13.2 Å². The quantitative estimate of drug-likeness (QED) is 0.518. The third-order valence-corrected chi connectivity index (χ3v) is 1.25. The fraction of sp³-hybridized carbons (Fsp3) is 0.375. The van der Waals surface area contributed by atoms with Gasteiger partial charge in [-0.3, -0.25) is 4.98 Å². The second-order valence-electron chi connectivity index (χ2n) is 2.12. The van der Waals surface area contributed by atoms with E-state index in [1.54, 1.807) is 6.20 Å². The molecule has 1 aromatic rings. The van der Waals surface area contributed by atoms with Crippen molar-refractivity contribution in [1.82, 2.24) is 10.5 Å². The summed E-state index contributed by atoms with van der Waals surface area (Å²) < 4.78 is 0. The average molecular weight is 152 g/mol. The van der Waals surface area contributed by atoms with E-state index in [1.165, 1.54) is 0 Å². The van der Waals surface area contributed by atoms with Crippen LogP contribution < -0.4 is 5.48 Å². The van der Waals surface area contributed by atoms with Gasteiger partial charge in [0.05, 0.1) is 6.61 Å². The molecular formula is C8H12N2O. The first-order valence-electron chi connectivity index (χ1n) is 3.67. The molecule has 3 heteroatoms. The molecule has 0 saturated carbocycles. The van der Waals surface area contributed by atoms with Gasteiger partial charge in [0.2, 0.25) is 0 Å². The molecule has 0 aliphatic heterocycles. The Bertz CT molecular complexity index is 189. The van der Waals surface area contributed by atoms with E-state index in [4.69, 9.17) is 4.84 Å². The van der Waals surface area contributed by atoms with Gasteiger partial charge in [-0.2, -0.15) is 5.48 Å². The summed E-state index contributed by atoms with van der Waals surface area (Å²) in [6.07, 6.45) is 3.57. The second-order valence-corrected chi connectivity index (χ2v) is 2.12. The number of nitrogens with zero attached hydrogens (tertiary/aromatic N) is 1. The number of pyridine rings is 1.